The van der Waals surface area contributed by atoms with E-state index in [1.165, 1.54) is 22.3 Å². The van der Waals surface area contributed by atoms with E-state index in [-0.39, 0.29) is 6.09 Å². The van der Waals surface area contributed by atoms with Crippen LogP contribution in [0.25, 0.3) is 4.48 Å². The highest BCUT2D eigenvalue weighted by Crippen LogP contribution is 2.46. The zero-order chi connectivity index (χ0) is 21.9. The molecule has 1 fully saturated rings. The highest BCUT2D eigenvalue weighted by atomic mass is 79.9. The first kappa shape index (κ1) is 22.9. The Balaban J connectivity index is 1.91. The fourth-order valence-electron chi connectivity index (χ4n) is 4.61. The first-order valence-electron chi connectivity index (χ1n) is 11.0. The SMILES string of the molecule is C/C=C\C1=C(CC)C=C(Br)c2ccccc2C1C1CCN(C(=O)OC(C)(C)C)CC1. The number of halogens is 1. The summed E-state index contributed by atoms with van der Waals surface area (Å²) in [6.45, 7) is 11.6. The van der Waals surface area contributed by atoms with Crippen LogP contribution in [0, 0.1) is 5.92 Å². The number of hydrogen-bond donors (Lipinski definition) is 0. The smallest absolute Gasteiger partial charge is 0.410 e. The van der Waals surface area contributed by atoms with Gasteiger partial charge in [-0.05, 0) is 81.2 Å². The number of rotatable bonds is 3. The van der Waals surface area contributed by atoms with Gasteiger partial charge in [0, 0.05) is 23.5 Å². The zero-order valence-electron chi connectivity index (χ0n) is 18.9. The Labute approximate surface area is 190 Å². The Kier molecular flexibility index (Phi) is 7.28. The van der Waals surface area contributed by atoms with E-state index in [4.69, 9.17) is 4.74 Å². The molecule has 0 spiro atoms. The maximum Gasteiger partial charge on any atom is 0.410 e. The second kappa shape index (κ2) is 9.55. The molecule has 0 bridgehead atoms. The van der Waals surface area contributed by atoms with Crippen molar-refractivity contribution in [2.75, 3.05) is 13.1 Å². The molecule has 0 aromatic heterocycles. The lowest BCUT2D eigenvalue weighted by molar-refractivity contribution is 0.0178. The van der Waals surface area contributed by atoms with Gasteiger partial charge in [-0.15, -0.1) is 0 Å². The summed E-state index contributed by atoms with van der Waals surface area (Å²) < 4.78 is 6.75. The van der Waals surface area contributed by atoms with Crippen molar-refractivity contribution in [2.24, 2.45) is 5.92 Å². The van der Waals surface area contributed by atoms with Crippen LogP contribution in [-0.4, -0.2) is 29.7 Å². The van der Waals surface area contributed by atoms with Crippen molar-refractivity contribution in [3.8, 4) is 0 Å². The van der Waals surface area contributed by atoms with Gasteiger partial charge in [-0.1, -0.05) is 59.3 Å². The second-order valence-electron chi connectivity index (χ2n) is 9.20. The molecule has 1 amide bonds. The maximum absolute atomic E-state index is 12.5. The summed E-state index contributed by atoms with van der Waals surface area (Å²) in [5.74, 6) is 0.823. The predicted octanol–water partition coefficient (Wildman–Crippen LogP) is 7.45. The summed E-state index contributed by atoms with van der Waals surface area (Å²) >= 11 is 3.84. The lowest BCUT2D eigenvalue weighted by Gasteiger charge is -2.38. The van der Waals surface area contributed by atoms with Crippen molar-refractivity contribution < 1.29 is 9.53 Å². The number of hydrogen-bond acceptors (Lipinski definition) is 2. The number of allylic oxidation sites excluding steroid dienone is 5. The summed E-state index contributed by atoms with van der Waals surface area (Å²) in [5.41, 5.74) is 5.01. The molecule has 2 aliphatic rings. The molecule has 0 radical (unpaired) electrons. The molecule has 1 unspecified atom stereocenters. The molecule has 1 aliphatic carbocycles. The first-order chi connectivity index (χ1) is 14.2. The van der Waals surface area contributed by atoms with Crippen LogP contribution in [0.4, 0.5) is 4.79 Å². The summed E-state index contributed by atoms with van der Waals surface area (Å²) in [5, 5.41) is 0. The van der Waals surface area contributed by atoms with Gasteiger partial charge in [0.05, 0.1) is 0 Å². The van der Waals surface area contributed by atoms with Crippen molar-refractivity contribution in [3.63, 3.8) is 0 Å². The van der Waals surface area contributed by atoms with Crippen LogP contribution in [0.5, 0.6) is 0 Å². The van der Waals surface area contributed by atoms with Gasteiger partial charge in [-0.2, -0.15) is 0 Å². The molecular formula is C26H34BrNO2. The lowest BCUT2D eigenvalue weighted by Crippen LogP contribution is -2.42. The number of fused-ring (bicyclic) bond motifs is 1. The van der Waals surface area contributed by atoms with Crippen LogP contribution in [0.2, 0.25) is 0 Å². The molecule has 1 saturated heterocycles. The highest BCUT2D eigenvalue weighted by Gasteiger charge is 2.35. The Hall–Kier alpha value is -1.81. The Bertz CT molecular complexity index is 867. The molecule has 1 heterocycles. The second-order valence-corrected chi connectivity index (χ2v) is 10.1. The van der Waals surface area contributed by atoms with Gasteiger partial charge in [0.15, 0.2) is 0 Å². The van der Waals surface area contributed by atoms with E-state index in [9.17, 15) is 4.79 Å². The van der Waals surface area contributed by atoms with Crippen LogP contribution in [0.3, 0.4) is 0 Å². The van der Waals surface area contributed by atoms with Crippen LogP contribution < -0.4 is 0 Å². The summed E-state index contributed by atoms with van der Waals surface area (Å²) in [4.78, 5) is 14.4. The minimum absolute atomic E-state index is 0.190. The minimum atomic E-state index is -0.454. The number of carbonyl (C=O) groups is 1. The van der Waals surface area contributed by atoms with Crippen molar-refractivity contribution in [3.05, 3.63) is 64.8 Å². The number of likely N-dealkylation sites (tertiary alicyclic amines) is 1. The molecule has 162 valence electrons. The number of piperidine rings is 1. The normalized spacial score (nSPS) is 20.8. The number of nitrogens with zero attached hydrogens (tertiary/aromatic N) is 1. The van der Waals surface area contributed by atoms with Crippen molar-refractivity contribution in [1.82, 2.24) is 4.90 Å². The van der Waals surface area contributed by atoms with Gasteiger partial charge in [-0.25, -0.2) is 4.79 Å². The zero-order valence-corrected chi connectivity index (χ0v) is 20.5. The van der Waals surface area contributed by atoms with Crippen LogP contribution in [-0.2, 0) is 4.74 Å². The monoisotopic (exact) mass is 471 g/mol. The van der Waals surface area contributed by atoms with Gasteiger partial charge in [0.2, 0.25) is 0 Å². The number of carbonyl (C=O) groups excluding carboxylic acids is 1. The molecule has 0 N–H and O–H groups in total. The van der Waals surface area contributed by atoms with E-state index in [1.54, 1.807) is 0 Å². The summed E-state index contributed by atoms with van der Waals surface area (Å²) in [6, 6.07) is 8.75. The highest BCUT2D eigenvalue weighted by molar-refractivity contribution is 9.15. The molecule has 30 heavy (non-hydrogen) atoms. The standard InChI is InChI=1S/C26H34BrNO2/c1-6-10-20-18(7-2)17-23(27)21-11-8-9-12-22(21)24(20)19-13-15-28(16-14-19)25(29)30-26(3,4)5/h6,8-12,17,19,24H,7,13-16H2,1-5H3/b10-6-. The molecule has 4 heteroatoms. The van der Waals surface area contributed by atoms with Crippen molar-refractivity contribution in [2.45, 2.75) is 65.4 Å². The van der Waals surface area contributed by atoms with E-state index < -0.39 is 5.60 Å². The number of amides is 1. The van der Waals surface area contributed by atoms with E-state index >= 15 is 0 Å². The fourth-order valence-corrected chi connectivity index (χ4v) is 5.25. The first-order valence-corrected chi connectivity index (χ1v) is 11.8. The summed E-state index contributed by atoms with van der Waals surface area (Å²) in [7, 11) is 0. The van der Waals surface area contributed by atoms with Crippen LogP contribution in [0.15, 0.2) is 53.6 Å². The molecule has 1 aromatic rings. The lowest BCUT2D eigenvalue weighted by atomic mass is 9.73. The predicted molar refractivity (Wildman–Crippen MR) is 129 cm³/mol. The quantitative estimate of drug-likeness (QED) is 0.457. The summed E-state index contributed by atoms with van der Waals surface area (Å²) in [6.07, 6.45) is 9.51. The maximum atomic E-state index is 12.5. The minimum Gasteiger partial charge on any atom is -0.444 e. The Morgan fingerprint density at radius 1 is 1.23 bits per heavy atom. The molecule has 0 saturated carbocycles. The third kappa shape index (κ3) is 5.08. The van der Waals surface area contributed by atoms with Crippen molar-refractivity contribution in [1.29, 1.82) is 0 Å². The fraction of sp³-hybridized carbons (Fsp3) is 0.500. The third-order valence-electron chi connectivity index (χ3n) is 5.95. The van der Waals surface area contributed by atoms with Gasteiger partial charge < -0.3 is 9.64 Å². The van der Waals surface area contributed by atoms with Crippen LogP contribution in [0.1, 0.15) is 70.9 Å². The van der Waals surface area contributed by atoms with E-state index in [1.807, 2.05) is 25.7 Å². The van der Waals surface area contributed by atoms with Crippen LogP contribution >= 0.6 is 15.9 Å². The Morgan fingerprint density at radius 3 is 2.50 bits per heavy atom. The molecule has 3 rings (SSSR count). The van der Waals surface area contributed by atoms with Crippen molar-refractivity contribution >= 4 is 26.5 Å². The van der Waals surface area contributed by atoms with Gasteiger partial charge in [-0.3, -0.25) is 0 Å². The van der Waals surface area contributed by atoms with E-state index in [0.717, 1.165) is 36.8 Å². The molecular weight excluding hydrogens is 438 g/mol. The average Bonchev–Trinajstić information content (AvgIpc) is 2.82. The molecule has 1 aromatic carbocycles. The average molecular weight is 472 g/mol. The molecule has 1 aliphatic heterocycles. The van der Waals surface area contributed by atoms with Gasteiger partial charge in [0.25, 0.3) is 0 Å². The molecule has 3 nitrogen and oxygen atoms in total. The molecule has 1 atom stereocenters. The number of benzene rings is 1. The van der Waals surface area contributed by atoms with Gasteiger partial charge in [0.1, 0.15) is 5.60 Å². The van der Waals surface area contributed by atoms with Gasteiger partial charge >= 0.3 is 6.09 Å². The third-order valence-corrected chi connectivity index (χ3v) is 6.61. The Morgan fingerprint density at radius 2 is 1.90 bits per heavy atom. The topological polar surface area (TPSA) is 29.5 Å². The van der Waals surface area contributed by atoms with E-state index in [0.29, 0.717) is 11.8 Å². The van der Waals surface area contributed by atoms with E-state index in [2.05, 4.69) is 72.3 Å². The number of ether oxygens (including phenoxy) is 1. The largest absolute Gasteiger partial charge is 0.444 e.